The van der Waals surface area contributed by atoms with Gasteiger partial charge in [-0.2, -0.15) is 81.6 Å². The van der Waals surface area contributed by atoms with Crippen molar-refractivity contribution in [1.82, 2.24) is 15.4 Å². The molecule has 0 aliphatic heterocycles. The van der Waals surface area contributed by atoms with E-state index >= 15 is 0 Å². The summed E-state index contributed by atoms with van der Waals surface area (Å²) in [5, 5.41) is 44.2. The second kappa shape index (κ2) is 24.8. The zero-order chi connectivity index (χ0) is 71.0. The molecular weight excluding hydrogens is 1580 g/mol. The van der Waals surface area contributed by atoms with Crippen LogP contribution in [0.2, 0.25) is 0 Å². The summed E-state index contributed by atoms with van der Waals surface area (Å²) in [4.78, 5) is 46.6. The molecule has 3 amide bonds. The minimum absolute atomic E-state index is 0.0314. The lowest BCUT2D eigenvalue weighted by Crippen LogP contribution is -2.78. The average Bonchev–Trinajstić information content (AvgIpc) is 1.49. The first-order valence-electron chi connectivity index (χ1n) is 26.4. The van der Waals surface area contributed by atoms with Crippen LogP contribution >= 0.6 is 45.2 Å². The number of hydrogen-bond acceptors (Lipinski definition) is 14. The Bertz CT molecular complexity index is 3970. The quantitative estimate of drug-likeness (QED) is 0.0767. The third kappa shape index (κ3) is 16.2. The zero-order valence-electron chi connectivity index (χ0n) is 47.7. The third-order valence-electron chi connectivity index (χ3n) is 15.8. The van der Waals surface area contributed by atoms with Crippen molar-refractivity contribution in [1.29, 1.82) is 15.8 Å². The smallest absolute Gasteiger partial charge is 0.421 e. The Kier molecular flexibility index (Phi) is 20.2. The number of amides is 3. The molecule has 0 atom stereocenters. The minimum atomic E-state index is -4.84. The predicted molar refractivity (Wildman–Crippen MR) is 308 cm³/mol. The summed E-state index contributed by atoms with van der Waals surface area (Å²) in [6, 6.07) is 12.1. The molecule has 510 valence electrons. The predicted octanol–water partition coefficient (Wildman–Crippen LogP) is 11.5. The molecular formula is C53H49F15I2N8O12S3. The first kappa shape index (κ1) is 75.9. The number of nitriles is 3. The Balaban J connectivity index is 0.000000196. The number of rotatable bonds is 11. The molecule has 9 aliphatic rings. The van der Waals surface area contributed by atoms with Crippen LogP contribution in [0.4, 0.5) is 76.3 Å². The van der Waals surface area contributed by atoms with Crippen LogP contribution in [0.25, 0.3) is 0 Å². The highest BCUT2D eigenvalue weighted by Gasteiger charge is 2.80. The number of carbonyl (C=O) groups is 4. The van der Waals surface area contributed by atoms with Gasteiger partial charge in [0, 0.05) is 18.2 Å². The van der Waals surface area contributed by atoms with Crippen molar-refractivity contribution in [2.75, 3.05) is 4.72 Å². The second-order valence-corrected chi connectivity index (χ2v) is 32.3. The fraction of sp³-hybridized carbons (Fsp3) is 0.528. The van der Waals surface area contributed by atoms with Crippen LogP contribution in [-0.4, -0.2) is 97.5 Å². The van der Waals surface area contributed by atoms with Gasteiger partial charge in [-0.05, 0) is 198 Å². The van der Waals surface area contributed by atoms with Crippen LogP contribution in [0, 0.1) is 52.0 Å². The van der Waals surface area contributed by atoms with Gasteiger partial charge in [0.05, 0.1) is 68.1 Å². The molecule has 12 rings (SSSR count). The zero-order valence-corrected chi connectivity index (χ0v) is 54.5. The van der Waals surface area contributed by atoms with E-state index in [1.54, 1.807) is 88.9 Å². The molecule has 0 spiro atoms. The molecule has 9 saturated carbocycles. The van der Waals surface area contributed by atoms with E-state index in [2.05, 4.69) is 10.6 Å². The highest BCUT2D eigenvalue weighted by Crippen LogP contribution is 2.74. The Hall–Kier alpha value is -6.17. The minimum Gasteiger partial charge on any atom is -0.478 e. The number of nitrogens with zero attached hydrogens (tertiary/aromatic N) is 3. The molecule has 9 aliphatic carbocycles. The topological polar surface area (TPSA) is 346 Å². The standard InChI is InChI=1S/C18H15F6N3O3S.C14H10F6INO.C9H14N2O4S.C8H4F3IO2.C4H6N2O2S/c19-17(20,21)10-1-2-12(27-31(29,30)16(9-25)3-4-16)11(5-10)13(28)26-15-6-14(7-15,8-15)18(22,23)24;15-13(16,17)7-1-2-9(21)8(3-7)10(23)22-12-4-11(5-12,6-12)14(18,19)20;1-8(2,3)15-7(12)11-16(13,14)9(6-10)4-5-9;9-8(10,11)4-1-2-6(12)5(3-4)7(13)14;5-3-4(1-2-4)9(6,7)8/h1-2,5,27H,3-4,6-8H2,(H,26,28);1-3H,4-6H2,(H,22,23);4-5H2,1-3H3,(H,11,12);1-3H,(H,13,14);1-2H2,(H2,6,7,8). The molecule has 3 aromatic rings. The van der Waals surface area contributed by atoms with Gasteiger partial charge < -0.3 is 20.5 Å². The summed E-state index contributed by atoms with van der Waals surface area (Å²) >= 11 is 3.39. The van der Waals surface area contributed by atoms with Gasteiger partial charge in [-0.15, -0.1) is 0 Å². The molecule has 0 saturated heterocycles. The Labute approximate surface area is 546 Å². The Morgan fingerprint density at radius 1 is 0.527 bits per heavy atom. The summed E-state index contributed by atoms with van der Waals surface area (Å²) in [5.74, 6) is -3.25. The number of anilines is 1. The molecule has 40 heteroatoms. The molecule has 0 radical (unpaired) electrons. The summed E-state index contributed by atoms with van der Waals surface area (Å²) in [5.41, 5.74) is -11.3. The van der Waals surface area contributed by atoms with Gasteiger partial charge in [-0.3, -0.25) is 14.3 Å². The van der Waals surface area contributed by atoms with Crippen molar-refractivity contribution >= 4 is 105 Å². The maximum atomic E-state index is 13.1. The van der Waals surface area contributed by atoms with Crippen LogP contribution in [0.1, 0.15) is 146 Å². The average molecular weight is 1620 g/mol. The normalized spacial score (nSPS) is 23.9. The first-order chi connectivity index (χ1) is 41.9. The summed E-state index contributed by atoms with van der Waals surface area (Å²) in [7, 11) is -11.9. The Morgan fingerprint density at radius 2 is 0.849 bits per heavy atom. The number of primary sulfonamides is 1. The van der Waals surface area contributed by atoms with Gasteiger partial charge in [0.25, 0.3) is 31.9 Å². The van der Waals surface area contributed by atoms with Gasteiger partial charge in [-0.25, -0.2) is 44.7 Å². The second-order valence-electron chi connectivity index (χ2n) is 24.1. The molecule has 20 nitrogen and oxygen atoms in total. The molecule has 7 N–H and O–H groups in total. The highest BCUT2D eigenvalue weighted by atomic mass is 127. The van der Waals surface area contributed by atoms with Crippen molar-refractivity contribution in [3.05, 3.63) is 95.1 Å². The van der Waals surface area contributed by atoms with E-state index in [-0.39, 0.29) is 78.9 Å². The van der Waals surface area contributed by atoms with E-state index < -0.39 is 155 Å². The van der Waals surface area contributed by atoms with E-state index in [0.29, 0.717) is 34.6 Å². The Morgan fingerprint density at radius 3 is 1.15 bits per heavy atom. The lowest BCUT2D eigenvalue weighted by Gasteiger charge is -2.70. The van der Waals surface area contributed by atoms with Crippen LogP contribution < -0.4 is 25.2 Å². The van der Waals surface area contributed by atoms with E-state index in [0.717, 1.165) is 36.4 Å². The number of halogens is 17. The van der Waals surface area contributed by atoms with Crippen LogP contribution in [0.15, 0.2) is 54.6 Å². The molecule has 4 bridgehead atoms. The third-order valence-corrected chi connectivity index (χ3v) is 23.3. The van der Waals surface area contributed by atoms with Crippen molar-refractivity contribution in [2.24, 2.45) is 16.0 Å². The van der Waals surface area contributed by atoms with Crippen LogP contribution in [0.3, 0.4) is 0 Å². The van der Waals surface area contributed by atoms with E-state index in [9.17, 15) is 110 Å². The number of aromatic carboxylic acids is 1. The largest absolute Gasteiger partial charge is 0.478 e. The first-order valence-corrected chi connectivity index (χ1v) is 33.1. The number of sulfonamides is 3. The number of nitrogens with two attached hydrogens (primary N) is 1. The van der Waals surface area contributed by atoms with Crippen LogP contribution in [0.5, 0.6) is 0 Å². The maximum Gasteiger partial charge on any atom is 0.421 e. The monoisotopic (exact) mass is 1620 g/mol. The molecule has 3 aromatic carbocycles. The van der Waals surface area contributed by atoms with E-state index in [4.69, 9.17) is 30.8 Å². The van der Waals surface area contributed by atoms with Crippen LogP contribution in [-0.2, 0) is 53.3 Å². The molecule has 0 aromatic heterocycles. The van der Waals surface area contributed by atoms with Crippen molar-refractivity contribution in [3.8, 4) is 18.2 Å². The van der Waals surface area contributed by atoms with Gasteiger partial charge in [0.1, 0.15) is 5.60 Å². The van der Waals surface area contributed by atoms with Gasteiger partial charge in [0.2, 0.25) is 10.0 Å². The fourth-order valence-electron chi connectivity index (χ4n) is 10.2. The number of alkyl halides is 15. The van der Waals surface area contributed by atoms with Crippen molar-refractivity contribution < 1.29 is 120 Å². The summed E-state index contributed by atoms with van der Waals surface area (Å²) in [6.07, 6.45) is -24.1. The molecule has 93 heavy (non-hydrogen) atoms. The number of benzene rings is 3. The maximum absolute atomic E-state index is 13.1. The molecule has 9 fully saturated rings. The number of carbonyl (C=O) groups excluding carboxylic acids is 3. The highest BCUT2D eigenvalue weighted by molar-refractivity contribution is 14.1. The SMILES string of the molecule is CC(C)(C)OC(=O)NS(=O)(=O)C1(C#N)CC1.N#CC1(S(=O)(=O)Nc2ccc(C(F)(F)F)cc2C(=O)NC23CC(C(F)(F)F)(C2)C3)CC1.N#CC1(S(N)(=O)=O)CC1.O=C(NC12CC(C(F)(F)F)(C1)C2)c1cc(C(F)(F)F)ccc1I.O=C(O)c1cc(C(F)(F)F)ccc1I. The number of carboxylic acids is 1. The van der Waals surface area contributed by atoms with E-state index in [1.807, 2.05) is 4.72 Å². The number of nitrogens with one attached hydrogen (secondary N) is 4. The number of ether oxygens (including phenoxy) is 1. The van der Waals surface area contributed by atoms with Gasteiger partial charge in [0.15, 0.2) is 14.2 Å². The van der Waals surface area contributed by atoms with E-state index in [1.165, 1.54) is 0 Å². The lowest BCUT2D eigenvalue weighted by molar-refractivity contribution is -0.336. The summed E-state index contributed by atoms with van der Waals surface area (Å²) < 4.78 is 265. The van der Waals surface area contributed by atoms with Gasteiger partial charge >= 0.3 is 42.9 Å². The number of carboxylic acid groups (broad SMARTS) is 1. The molecule has 0 heterocycles. The summed E-state index contributed by atoms with van der Waals surface area (Å²) in [6.45, 7) is 4.86. The number of hydrogen-bond donors (Lipinski definition) is 6. The fourth-order valence-corrected chi connectivity index (χ4v) is 14.8. The van der Waals surface area contributed by atoms with Crippen molar-refractivity contribution in [3.63, 3.8) is 0 Å². The van der Waals surface area contributed by atoms with Gasteiger partial charge in [-0.1, -0.05) is 0 Å². The molecule has 0 unspecified atom stereocenters. The van der Waals surface area contributed by atoms with Crippen molar-refractivity contribution in [2.45, 2.75) is 160 Å². The lowest BCUT2D eigenvalue weighted by atomic mass is 9.39.